The fraction of sp³-hybridized carbons (Fsp3) is 0.143. The Morgan fingerprint density at radius 2 is 1.79 bits per heavy atom. The lowest BCUT2D eigenvalue weighted by Gasteiger charge is -2.11. The van der Waals surface area contributed by atoms with Crippen molar-refractivity contribution in [3.63, 3.8) is 0 Å². The maximum atomic E-state index is 13.5. The second-order valence-corrected chi connectivity index (χ2v) is 5.48. The number of aliphatic hydroxyl groups is 1. The third-order valence-corrected chi connectivity index (χ3v) is 3.88. The Labute approximate surface area is 119 Å². The first-order chi connectivity index (χ1) is 9.06. The molecular weight excluding hydrogens is 290 g/mol. The molecule has 0 saturated heterocycles. The number of hydrogen-bond donors (Lipinski definition) is 1. The van der Waals surface area contributed by atoms with Crippen LogP contribution in [0.25, 0.3) is 0 Å². The highest BCUT2D eigenvalue weighted by Gasteiger charge is 2.13. The van der Waals surface area contributed by atoms with Gasteiger partial charge in [0.15, 0.2) is 0 Å². The predicted molar refractivity (Wildman–Crippen MR) is 73.5 cm³/mol. The molecule has 0 aliphatic rings. The Hall–Kier alpha value is -1.10. The molecule has 0 amide bonds. The first kappa shape index (κ1) is 14.3. The molecule has 0 radical (unpaired) electrons. The van der Waals surface area contributed by atoms with E-state index in [-0.39, 0.29) is 11.3 Å². The normalized spacial score (nSPS) is 12.4. The van der Waals surface area contributed by atoms with Gasteiger partial charge in [-0.05, 0) is 30.3 Å². The molecule has 0 saturated carbocycles. The van der Waals surface area contributed by atoms with E-state index >= 15 is 0 Å². The van der Waals surface area contributed by atoms with Crippen molar-refractivity contribution < 1.29 is 13.9 Å². The smallest absolute Gasteiger partial charge is 0.131 e. The van der Waals surface area contributed by atoms with Crippen molar-refractivity contribution in [3.8, 4) is 0 Å². The van der Waals surface area contributed by atoms with Crippen molar-refractivity contribution in [1.29, 1.82) is 0 Å². The molecule has 0 aliphatic heterocycles. The van der Waals surface area contributed by atoms with Crippen molar-refractivity contribution >= 4 is 23.4 Å². The summed E-state index contributed by atoms with van der Waals surface area (Å²) in [5, 5.41) is 10.5. The van der Waals surface area contributed by atoms with Crippen LogP contribution in [0.2, 0.25) is 5.02 Å². The molecule has 0 aliphatic carbocycles. The van der Waals surface area contributed by atoms with Gasteiger partial charge < -0.3 is 5.11 Å². The minimum absolute atomic E-state index is 0.0999. The number of hydrogen-bond acceptors (Lipinski definition) is 2. The SMILES string of the molecule is OC(CSc1ccc(Cl)cc1)c1ccc(F)cc1F. The van der Waals surface area contributed by atoms with E-state index in [0.717, 1.165) is 17.0 Å². The Balaban J connectivity index is 2.01. The standard InChI is InChI=1S/C14H11ClF2OS/c15-9-1-4-11(5-2-9)19-8-14(18)12-6-3-10(16)7-13(12)17/h1-7,14,18H,8H2. The van der Waals surface area contributed by atoms with Crippen molar-refractivity contribution in [2.45, 2.75) is 11.0 Å². The summed E-state index contributed by atoms with van der Waals surface area (Å²) >= 11 is 7.14. The molecule has 0 fully saturated rings. The first-order valence-corrected chi connectivity index (χ1v) is 6.94. The van der Waals surface area contributed by atoms with Gasteiger partial charge in [-0.3, -0.25) is 0 Å². The monoisotopic (exact) mass is 300 g/mol. The Kier molecular flexibility index (Phi) is 4.80. The van der Waals surface area contributed by atoms with Gasteiger partial charge >= 0.3 is 0 Å². The molecule has 0 spiro atoms. The number of benzene rings is 2. The van der Waals surface area contributed by atoms with Gasteiger partial charge in [-0.15, -0.1) is 11.8 Å². The fourth-order valence-corrected chi connectivity index (χ4v) is 2.55. The number of thioether (sulfide) groups is 1. The summed E-state index contributed by atoms with van der Waals surface area (Å²) in [4.78, 5) is 0.922. The van der Waals surface area contributed by atoms with Crippen molar-refractivity contribution in [1.82, 2.24) is 0 Å². The van der Waals surface area contributed by atoms with Gasteiger partial charge in [-0.1, -0.05) is 17.7 Å². The van der Waals surface area contributed by atoms with Crippen LogP contribution >= 0.6 is 23.4 Å². The van der Waals surface area contributed by atoms with Crippen LogP contribution in [0.1, 0.15) is 11.7 Å². The molecule has 1 nitrogen and oxygen atoms in total. The highest BCUT2D eigenvalue weighted by Crippen LogP contribution is 2.27. The van der Waals surface area contributed by atoms with Gasteiger partial charge in [0.05, 0.1) is 6.10 Å². The Morgan fingerprint density at radius 1 is 1.11 bits per heavy atom. The van der Waals surface area contributed by atoms with E-state index in [9.17, 15) is 13.9 Å². The summed E-state index contributed by atoms with van der Waals surface area (Å²) in [5.74, 6) is -1.10. The van der Waals surface area contributed by atoms with Crippen LogP contribution in [0.3, 0.4) is 0 Å². The summed E-state index contributed by atoms with van der Waals surface area (Å²) in [6, 6.07) is 10.3. The van der Waals surface area contributed by atoms with Crippen LogP contribution < -0.4 is 0 Å². The summed E-state index contributed by atoms with van der Waals surface area (Å²) in [6.45, 7) is 0. The average molecular weight is 301 g/mol. The number of rotatable bonds is 4. The van der Waals surface area contributed by atoms with Crippen molar-refractivity contribution in [3.05, 3.63) is 64.7 Å². The predicted octanol–water partition coefficient (Wildman–Crippen LogP) is 4.44. The summed E-state index contributed by atoms with van der Waals surface area (Å²) in [6.07, 6.45) is -0.985. The number of halogens is 3. The summed E-state index contributed by atoms with van der Waals surface area (Å²) in [7, 11) is 0. The van der Waals surface area contributed by atoms with Crippen molar-refractivity contribution in [2.24, 2.45) is 0 Å². The van der Waals surface area contributed by atoms with Crippen LogP contribution in [0.4, 0.5) is 8.78 Å². The highest BCUT2D eigenvalue weighted by molar-refractivity contribution is 7.99. The lowest BCUT2D eigenvalue weighted by molar-refractivity contribution is 0.198. The topological polar surface area (TPSA) is 20.2 Å². The molecular formula is C14H11ClF2OS. The van der Waals surface area contributed by atoms with E-state index in [1.54, 1.807) is 12.1 Å². The van der Waals surface area contributed by atoms with Crippen LogP contribution in [0.15, 0.2) is 47.4 Å². The summed E-state index contributed by atoms with van der Waals surface area (Å²) < 4.78 is 26.2. The fourth-order valence-electron chi connectivity index (χ4n) is 1.57. The van der Waals surface area contributed by atoms with Gasteiger partial charge in [0, 0.05) is 27.3 Å². The third-order valence-electron chi connectivity index (χ3n) is 2.54. The molecule has 2 rings (SSSR count). The zero-order chi connectivity index (χ0) is 13.8. The zero-order valence-corrected chi connectivity index (χ0v) is 11.4. The molecule has 0 aromatic heterocycles. The van der Waals surface area contributed by atoms with E-state index in [1.165, 1.54) is 17.8 Å². The second-order valence-electron chi connectivity index (χ2n) is 3.95. The van der Waals surface area contributed by atoms with E-state index < -0.39 is 17.7 Å². The van der Waals surface area contributed by atoms with Crippen LogP contribution in [0, 0.1) is 11.6 Å². The third kappa shape index (κ3) is 3.93. The van der Waals surface area contributed by atoms with Crippen LogP contribution in [-0.4, -0.2) is 10.9 Å². The molecule has 1 atom stereocenters. The molecule has 2 aromatic rings. The maximum Gasteiger partial charge on any atom is 0.131 e. The Morgan fingerprint density at radius 3 is 2.42 bits per heavy atom. The van der Waals surface area contributed by atoms with Gasteiger partial charge in [0.1, 0.15) is 11.6 Å². The largest absolute Gasteiger partial charge is 0.387 e. The van der Waals surface area contributed by atoms with Gasteiger partial charge in [0.25, 0.3) is 0 Å². The van der Waals surface area contributed by atoms with Crippen LogP contribution in [-0.2, 0) is 0 Å². The first-order valence-electron chi connectivity index (χ1n) is 5.57. The lowest BCUT2D eigenvalue weighted by Crippen LogP contribution is -2.03. The minimum Gasteiger partial charge on any atom is -0.387 e. The molecule has 0 heterocycles. The molecule has 1 N–H and O–H groups in total. The molecule has 2 aromatic carbocycles. The zero-order valence-electron chi connectivity index (χ0n) is 9.82. The number of aliphatic hydroxyl groups excluding tert-OH is 1. The van der Waals surface area contributed by atoms with Gasteiger partial charge in [0.2, 0.25) is 0 Å². The van der Waals surface area contributed by atoms with Crippen molar-refractivity contribution in [2.75, 3.05) is 5.75 Å². The van der Waals surface area contributed by atoms with E-state index in [1.807, 2.05) is 12.1 Å². The second kappa shape index (κ2) is 6.37. The molecule has 5 heteroatoms. The molecule has 0 bridgehead atoms. The Bertz CT molecular complexity index is 560. The van der Waals surface area contributed by atoms with Gasteiger partial charge in [-0.2, -0.15) is 0 Å². The average Bonchev–Trinajstić information content (AvgIpc) is 2.37. The van der Waals surface area contributed by atoms with E-state index in [4.69, 9.17) is 11.6 Å². The lowest BCUT2D eigenvalue weighted by atomic mass is 10.1. The molecule has 19 heavy (non-hydrogen) atoms. The van der Waals surface area contributed by atoms with E-state index in [2.05, 4.69) is 0 Å². The summed E-state index contributed by atoms with van der Waals surface area (Å²) in [5.41, 5.74) is 0.0999. The molecule has 1 unspecified atom stereocenters. The quantitative estimate of drug-likeness (QED) is 0.842. The van der Waals surface area contributed by atoms with Gasteiger partial charge in [-0.25, -0.2) is 8.78 Å². The van der Waals surface area contributed by atoms with Crippen LogP contribution in [0.5, 0.6) is 0 Å². The minimum atomic E-state index is -0.985. The maximum absolute atomic E-state index is 13.5. The van der Waals surface area contributed by atoms with E-state index in [0.29, 0.717) is 5.02 Å². The highest BCUT2D eigenvalue weighted by atomic mass is 35.5. The molecule has 100 valence electrons.